The van der Waals surface area contributed by atoms with Gasteiger partial charge < -0.3 is 15.5 Å². The molecule has 0 aliphatic carbocycles. The topological polar surface area (TPSA) is 52.5 Å². The summed E-state index contributed by atoms with van der Waals surface area (Å²) in [6.45, 7) is 1.96. The smallest absolute Gasteiger partial charge is 0.124 e. The molecule has 0 amide bonds. The minimum absolute atomic E-state index is 0.0296. The Hall–Kier alpha value is -2.16. The van der Waals surface area contributed by atoms with Crippen molar-refractivity contribution >= 4 is 5.69 Å². The molecule has 2 aromatic rings. The normalized spacial score (nSPS) is 12.1. The summed E-state index contributed by atoms with van der Waals surface area (Å²) in [5.74, 6) is 0.166. The van der Waals surface area contributed by atoms with Crippen LogP contribution >= 0.6 is 0 Å². The SMILES string of the molecule is CC(Nc1ccccc1)c1ccc(O)cc1O. The van der Waals surface area contributed by atoms with Crippen molar-refractivity contribution in [2.24, 2.45) is 0 Å². The zero-order chi connectivity index (χ0) is 12.3. The third-order valence-electron chi connectivity index (χ3n) is 2.64. The molecule has 2 rings (SSSR count). The van der Waals surface area contributed by atoms with Gasteiger partial charge >= 0.3 is 0 Å². The van der Waals surface area contributed by atoms with Gasteiger partial charge in [0.05, 0.1) is 6.04 Å². The van der Waals surface area contributed by atoms with Gasteiger partial charge in [-0.1, -0.05) is 18.2 Å². The summed E-state index contributed by atoms with van der Waals surface area (Å²) >= 11 is 0. The lowest BCUT2D eigenvalue weighted by molar-refractivity contribution is 0.444. The average molecular weight is 229 g/mol. The molecule has 0 aliphatic heterocycles. The molecule has 0 heterocycles. The van der Waals surface area contributed by atoms with Gasteiger partial charge in [0.15, 0.2) is 0 Å². The molecule has 2 aromatic carbocycles. The van der Waals surface area contributed by atoms with Crippen molar-refractivity contribution in [3.63, 3.8) is 0 Å². The summed E-state index contributed by atoms with van der Waals surface area (Å²) in [7, 11) is 0. The third-order valence-corrected chi connectivity index (χ3v) is 2.64. The Balaban J connectivity index is 2.17. The number of hydrogen-bond donors (Lipinski definition) is 3. The number of rotatable bonds is 3. The second-order valence-electron chi connectivity index (χ2n) is 3.98. The molecule has 0 saturated heterocycles. The largest absolute Gasteiger partial charge is 0.508 e. The van der Waals surface area contributed by atoms with E-state index < -0.39 is 0 Å². The first-order valence-corrected chi connectivity index (χ1v) is 5.50. The van der Waals surface area contributed by atoms with Crippen LogP contribution in [0.1, 0.15) is 18.5 Å². The van der Waals surface area contributed by atoms with Crippen molar-refractivity contribution in [2.75, 3.05) is 5.32 Å². The van der Waals surface area contributed by atoms with Crippen LogP contribution in [-0.2, 0) is 0 Å². The minimum atomic E-state index is -0.0296. The highest BCUT2D eigenvalue weighted by atomic mass is 16.3. The standard InChI is InChI=1S/C14H15NO2/c1-10(15-11-5-3-2-4-6-11)13-8-7-12(16)9-14(13)17/h2-10,15-17H,1H3. The zero-order valence-electron chi connectivity index (χ0n) is 9.59. The van der Waals surface area contributed by atoms with Crippen molar-refractivity contribution in [2.45, 2.75) is 13.0 Å². The van der Waals surface area contributed by atoms with Gasteiger partial charge in [0.2, 0.25) is 0 Å². The van der Waals surface area contributed by atoms with E-state index >= 15 is 0 Å². The molecule has 0 saturated carbocycles. The van der Waals surface area contributed by atoms with Crippen LogP contribution in [0, 0.1) is 0 Å². The molecule has 0 fully saturated rings. The molecule has 0 aromatic heterocycles. The van der Waals surface area contributed by atoms with E-state index in [1.807, 2.05) is 37.3 Å². The zero-order valence-corrected chi connectivity index (χ0v) is 9.59. The molecule has 1 unspecified atom stereocenters. The molecule has 3 N–H and O–H groups in total. The second-order valence-corrected chi connectivity index (χ2v) is 3.98. The first-order valence-electron chi connectivity index (χ1n) is 5.50. The van der Waals surface area contributed by atoms with Crippen molar-refractivity contribution in [1.29, 1.82) is 0 Å². The number of nitrogens with one attached hydrogen (secondary N) is 1. The van der Waals surface area contributed by atoms with Crippen LogP contribution in [0.4, 0.5) is 5.69 Å². The van der Waals surface area contributed by atoms with E-state index in [2.05, 4.69) is 5.32 Å². The highest BCUT2D eigenvalue weighted by molar-refractivity contribution is 5.48. The fourth-order valence-electron chi connectivity index (χ4n) is 1.76. The van der Waals surface area contributed by atoms with Gasteiger partial charge in [-0.25, -0.2) is 0 Å². The number of para-hydroxylation sites is 1. The lowest BCUT2D eigenvalue weighted by Crippen LogP contribution is -2.06. The molecular formula is C14H15NO2. The maximum absolute atomic E-state index is 9.74. The van der Waals surface area contributed by atoms with Crippen LogP contribution in [0.5, 0.6) is 11.5 Å². The van der Waals surface area contributed by atoms with Gasteiger partial charge in [0.1, 0.15) is 11.5 Å². The van der Waals surface area contributed by atoms with Gasteiger partial charge in [-0.3, -0.25) is 0 Å². The molecule has 0 aliphatic rings. The Kier molecular flexibility index (Phi) is 3.19. The van der Waals surface area contributed by atoms with Crippen molar-refractivity contribution in [3.05, 3.63) is 54.1 Å². The number of phenols is 2. The van der Waals surface area contributed by atoms with Crippen molar-refractivity contribution < 1.29 is 10.2 Å². The minimum Gasteiger partial charge on any atom is -0.508 e. The molecule has 0 bridgehead atoms. The predicted octanol–water partition coefficient (Wildman–Crippen LogP) is 3.27. The molecular weight excluding hydrogens is 214 g/mol. The first-order chi connectivity index (χ1) is 8.16. The molecule has 0 spiro atoms. The van der Waals surface area contributed by atoms with E-state index in [4.69, 9.17) is 0 Å². The highest BCUT2D eigenvalue weighted by Crippen LogP contribution is 2.29. The molecule has 3 heteroatoms. The highest BCUT2D eigenvalue weighted by Gasteiger charge is 2.10. The van der Waals surface area contributed by atoms with E-state index in [-0.39, 0.29) is 17.5 Å². The summed E-state index contributed by atoms with van der Waals surface area (Å²) in [6, 6.07) is 14.4. The molecule has 17 heavy (non-hydrogen) atoms. The molecule has 0 radical (unpaired) electrons. The van der Waals surface area contributed by atoms with E-state index in [1.165, 1.54) is 6.07 Å². The van der Waals surface area contributed by atoms with Crippen LogP contribution in [0.15, 0.2) is 48.5 Å². The first kappa shape index (κ1) is 11.3. The fraction of sp³-hybridized carbons (Fsp3) is 0.143. The van der Waals surface area contributed by atoms with Crippen LogP contribution in [-0.4, -0.2) is 10.2 Å². The third kappa shape index (κ3) is 2.69. The molecule has 88 valence electrons. The van der Waals surface area contributed by atoms with Gasteiger partial charge in [0, 0.05) is 17.3 Å². The Morgan fingerprint density at radius 2 is 1.71 bits per heavy atom. The summed E-state index contributed by atoms with van der Waals surface area (Å²) in [6.07, 6.45) is 0. The summed E-state index contributed by atoms with van der Waals surface area (Å²) < 4.78 is 0. The maximum atomic E-state index is 9.74. The lowest BCUT2D eigenvalue weighted by Gasteiger charge is -2.16. The Morgan fingerprint density at radius 3 is 2.35 bits per heavy atom. The monoisotopic (exact) mass is 229 g/mol. The average Bonchev–Trinajstić information content (AvgIpc) is 2.30. The van der Waals surface area contributed by atoms with Gasteiger partial charge in [-0.05, 0) is 31.2 Å². The summed E-state index contributed by atoms with van der Waals surface area (Å²) in [5.41, 5.74) is 1.75. The Bertz CT molecular complexity index is 497. The predicted molar refractivity (Wildman–Crippen MR) is 68.3 cm³/mol. The van der Waals surface area contributed by atoms with E-state index in [1.54, 1.807) is 12.1 Å². The van der Waals surface area contributed by atoms with Crippen molar-refractivity contribution in [3.8, 4) is 11.5 Å². The van der Waals surface area contributed by atoms with Crippen LogP contribution < -0.4 is 5.32 Å². The number of hydrogen-bond acceptors (Lipinski definition) is 3. The van der Waals surface area contributed by atoms with E-state index in [0.717, 1.165) is 11.3 Å². The van der Waals surface area contributed by atoms with Crippen LogP contribution in [0.25, 0.3) is 0 Å². The fourth-order valence-corrected chi connectivity index (χ4v) is 1.76. The van der Waals surface area contributed by atoms with Gasteiger partial charge in [-0.2, -0.15) is 0 Å². The van der Waals surface area contributed by atoms with Crippen LogP contribution in [0.2, 0.25) is 0 Å². The lowest BCUT2D eigenvalue weighted by atomic mass is 10.1. The van der Waals surface area contributed by atoms with E-state index in [9.17, 15) is 10.2 Å². The number of phenolic OH excluding ortho intramolecular Hbond substituents is 2. The summed E-state index contributed by atoms with van der Waals surface area (Å²) in [5, 5.41) is 22.2. The quantitative estimate of drug-likeness (QED) is 0.757. The van der Waals surface area contributed by atoms with Gasteiger partial charge in [-0.15, -0.1) is 0 Å². The van der Waals surface area contributed by atoms with Gasteiger partial charge in [0.25, 0.3) is 0 Å². The maximum Gasteiger partial charge on any atom is 0.124 e. The molecule has 3 nitrogen and oxygen atoms in total. The Morgan fingerprint density at radius 1 is 1.00 bits per heavy atom. The summed E-state index contributed by atoms with van der Waals surface area (Å²) in [4.78, 5) is 0. The number of anilines is 1. The van der Waals surface area contributed by atoms with E-state index in [0.29, 0.717) is 0 Å². The second kappa shape index (κ2) is 4.78. The Labute approximate surface area is 100 Å². The number of benzene rings is 2. The number of aromatic hydroxyl groups is 2. The van der Waals surface area contributed by atoms with Crippen molar-refractivity contribution in [1.82, 2.24) is 0 Å². The van der Waals surface area contributed by atoms with Crippen LogP contribution in [0.3, 0.4) is 0 Å². The molecule has 1 atom stereocenters.